The summed E-state index contributed by atoms with van der Waals surface area (Å²) in [4.78, 5) is 31.4. The highest BCUT2D eigenvalue weighted by Crippen LogP contribution is 2.32. The number of carbonyl (C=O) groups is 2. The van der Waals surface area contributed by atoms with E-state index in [0.717, 1.165) is 64.7 Å². The summed E-state index contributed by atoms with van der Waals surface area (Å²) in [6, 6.07) is 0.0158. The number of urea groups is 1. The molecule has 1 aromatic heterocycles. The first-order valence-corrected chi connectivity index (χ1v) is 9.31. The Morgan fingerprint density at radius 2 is 1.72 bits per heavy atom. The molecule has 3 aliphatic rings. The Bertz CT molecular complexity index is 614. The van der Waals surface area contributed by atoms with E-state index in [9.17, 15) is 9.59 Å². The molecule has 25 heavy (non-hydrogen) atoms. The van der Waals surface area contributed by atoms with Crippen molar-refractivity contribution >= 4 is 11.9 Å². The van der Waals surface area contributed by atoms with Crippen LogP contribution in [-0.4, -0.2) is 80.0 Å². The molecule has 4 rings (SSSR count). The fourth-order valence-electron chi connectivity index (χ4n) is 4.31. The van der Waals surface area contributed by atoms with Crippen molar-refractivity contribution in [1.82, 2.24) is 35.3 Å². The van der Waals surface area contributed by atoms with Gasteiger partial charge in [-0.15, -0.1) is 10.2 Å². The number of H-pyrrole nitrogens is 1. The monoisotopic (exact) mass is 347 g/mol. The maximum absolute atomic E-state index is 13.1. The number of nitrogens with zero attached hydrogens (tertiary/aromatic N) is 6. The number of piperidine rings is 1. The number of rotatable bonds is 2. The Kier molecular flexibility index (Phi) is 4.54. The van der Waals surface area contributed by atoms with Crippen LogP contribution in [0.1, 0.15) is 50.4 Å². The van der Waals surface area contributed by atoms with E-state index in [1.54, 1.807) is 0 Å². The summed E-state index contributed by atoms with van der Waals surface area (Å²) in [5.41, 5.74) is 0. The number of aromatic nitrogens is 4. The number of amides is 3. The Balaban J connectivity index is 1.42. The molecule has 3 fully saturated rings. The van der Waals surface area contributed by atoms with Crippen molar-refractivity contribution in [3.05, 3.63) is 5.82 Å². The molecule has 0 saturated carbocycles. The zero-order valence-electron chi connectivity index (χ0n) is 14.4. The number of nitrogens with one attached hydrogen (secondary N) is 1. The number of hydrogen-bond donors (Lipinski definition) is 1. The highest BCUT2D eigenvalue weighted by molar-refractivity contribution is 5.81. The van der Waals surface area contributed by atoms with Gasteiger partial charge in [0, 0.05) is 32.7 Å². The van der Waals surface area contributed by atoms with E-state index in [-0.39, 0.29) is 23.9 Å². The van der Waals surface area contributed by atoms with E-state index >= 15 is 0 Å². The van der Waals surface area contributed by atoms with Gasteiger partial charge in [0.1, 0.15) is 0 Å². The van der Waals surface area contributed by atoms with Crippen molar-refractivity contribution in [3.8, 4) is 0 Å². The molecule has 0 bridgehead atoms. The molecule has 2 atom stereocenters. The fraction of sp³-hybridized carbons (Fsp3) is 0.812. The number of likely N-dealkylation sites (tertiary alicyclic amines) is 3. The minimum absolute atomic E-state index is 0.0871. The van der Waals surface area contributed by atoms with E-state index in [4.69, 9.17) is 0 Å². The summed E-state index contributed by atoms with van der Waals surface area (Å²) >= 11 is 0. The molecular weight excluding hydrogens is 322 g/mol. The van der Waals surface area contributed by atoms with E-state index in [1.807, 2.05) is 14.7 Å². The minimum Gasteiger partial charge on any atom is -0.332 e. The third-order valence-electron chi connectivity index (χ3n) is 5.61. The molecule has 136 valence electrons. The van der Waals surface area contributed by atoms with Crippen LogP contribution in [-0.2, 0) is 4.79 Å². The first-order chi connectivity index (χ1) is 12.2. The lowest BCUT2D eigenvalue weighted by Gasteiger charge is -2.36. The molecule has 3 aliphatic heterocycles. The van der Waals surface area contributed by atoms with Crippen LogP contribution in [0.25, 0.3) is 0 Å². The normalized spacial score (nSPS) is 27.1. The molecule has 0 aromatic carbocycles. The zero-order chi connectivity index (χ0) is 17.2. The van der Waals surface area contributed by atoms with Gasteiger partial charge in [-0.2, -0.15) is 5.21 Å². The van der Waals surface area contributed by atoms with Gasteiger partial charge in [0.25, 0.3) is 0 Å². The summed E-state index contributed by atoms with van der Waals surface area (Å²) in [5.74, 6) is 0.602. The van der Waals surface area contributed by atoms with Crippen LogP contribution < -0.4 is 0 Å². The molecule has 9 heteroatoms. The van der Waals surface area contributed by atoms with Crippen molar-refractivity contribution in [2.75, 3.05) is 32.7 Å². The van der Waals surface area contributed by atoms with E-state index in [1.165, 1.54) is 0 Å². The number of tetrazole rings is 1. The van der Waals surface area contributed by atoms with Crippen LogP contribution in [0.4, 0.5) is 4.79 Å². The van der Waals surface area contributed by atoms with Gasteiger partial charge >= 0.3 is 6.03 Å². The van der Waals surface area contributed by atoms with E-state index in [2.05, 4.69) is 20.6 Å². The van der Waals surface area contributed by atoms with Crippen LogP contribution in [0.3, 0.4) is 0 Å². The van der Waals surface area contributed by atoms with Gasteiger partial charge in [0.15, 0.2) is 5.82 Å². The second-order valence-electron chi connectivity index (χ2n) is 7.22. The Morgan fingerprint density at radius 3 is 2.48 bits per heavy atom. The molecule has 0 radical (unpaired) electrons. The molecule has 1 aromatic rings. The molecule has 3 amide bonds. The van der Waals surface area contributed by atoms with Gasteiger partial charge in [0.2, 0.25) is 5.91 Å². The molecule has 2 unspecified atom stereocenters. The fourth-order valence-corrected chi connectivity index (χ4v) is 4.31. The van der Waals surface area contributed by atoms with Gasteiger partial charge in [-0.3, -0.25) is 4.79 Å². The van der Waals surface area contributed by atoms with Gasteiger partial charge in [-0.05, 0) is 38.5 Å². The number of aromatic amines is 1. The largest absolute Gasteiger partial charge is 0.332 e. The van der Waals surface area contributed by atoms with E-state index in [0.29, 0.717) is 12.4 Å². The van der Waals surface area contributed by atoms with Gasteiger partial charge in [-0.25, -0.2) is 4.79 Å². The predicted octanol–water partition coefficient (Wildman–Crippen LogP) is 0.791. The SMILES string of the molecule is O=C(N1CCCC1)N1CCCC(C(=O)N2CCCC2c2nn[nH]n2)C1. The lowest BCUT2D eigenvalue weighted by molar-refractivity contribution is -0.138. The van der Waals surface area contributed by atoms with Crippen molar-refractivity contribution < 1.29 is 9.59 Å². The highest BCUT2D eigenvalue weighted by atomic mass is 16.2. The lowest BCUT2D eigenvalue weighted by atomic mass is 9.96. The van der Waals surface area contributed by atoms with Crippen LogP contribution >= 0.6 is 0 Å². The molecule has 0 spiro atoms. The molecule has 3 saturated heterocycles. The Hall–Kier alpha value is -2.19. The summed E-state index contributed by atoms with van der Waals surface area (Å²) in [7, 11) is 0. The van der Waals surface area contributed by atoms with Gasteiger partial charge < -0.3 is 14.7 Å². The van der Waals surface area contributed by atoms with Crippen LogP contribution in [0.15, 0.2) is 0 Å². The van der Waals surface area contributed by atoms with Crippen molar-refractivity contribution in [2.24, 2.45) is 5.92 Å². The molecular formula is C16H25N7O2. The second-order valence-corrected chi connectivity index (χ2v) is 7.22. The maximum atomic E-state index is 13.1. The smallest absolute Gasteiger partial charge is 0.320 e. The standard InChI is InChI=1S/C16H25N7O2/c24-15(23-10-4-6-13(23)14-17-19-20-18-14)12-5-3-9-22(11-12)16(25)21-7-1-2-8-21/h12-13H,1-11H2,(H,17,18,19,20). The van der Waals surface area contributed by atoms with Crippen molar-refractivity contribution in [1.29, 1.82) is 0 Å². The minimum atomic E-state index is -0.118. The highest BCUT2D eigenvalue weighted by Gasteiger charge is 2.38. The first kappa shape index (κ1) is 16.3. The topological polar surface area (TPSA) is 98.3 Å². The molecule has 9 nitrogen and oxygen atoms in total. The molecule has 1 N–H and O–H groups in total. The number of carbonyl (C=O) groups excluding carboxylic acids is 2. The lowest BCUT2D eigenvalue weighted by Crippen LogP contribution is -2.50. The Morgan fingerprint density at radius 1 is 0.960 bits per heavy atom. The molecule has 4 heterocycles. The van der Waals surface area contributed by atoms with Gasteiger partial charge in [0.05, 0.1) is 12.0 Å². The Labute approximate surface area is 146 Å². The van der Waals surface area contributed by atoms with Crippen LogP contribution in [0, 0.1) is 5.92 Å². The van der Waals surface area contributed by atoms with E-state index < -0.39 is 0 Å². The third kappa shape index (κ3) is 3.19. The van der Waals surface area contributed by atoms with Crippen LogP contribution in [0.2, 0.25) is 0 Å². The first-order valence-electron chi connectivity index (χ1n) is 9.31. The summed E-state index contributed by atoms with van der Waals surface area (Å²) in [5, 5.41) is 14.2. The third-order valence-corrected chi connectivity index (χ3v) is 5.61. The predicted molar refractivity (Wildman–Crippen MR) is 88.4 cm³/mol. The zero-order valence-corrected chi connectivity index (χ0v) is 14.4. The average molecular weight is 347 g/mol. The quantitative estimate of drug-likeness (QED) is 0.853. The average Bonchev–Trinajstić information content (AvgIpc) is 3.42. The van der Waals surface area contributed by atoms with Crippen LogP contribution in [0.5, 0.6) is 0 Å². The molecule has 0 aliphatic carbocycles. The van der Waals surface area contributed by atoms with Crippen molar-refractivity contribution in [3.63, 3.8) is 0 Å². The summed E-state index contributed by atoms with van der Waals surface area (Å²) < 4.78 is 0. The maximum Gasteiger partial charge on any atom is 0.320 e. The second kappa shape index (κ2) is 6.97. The van der Waals surface area contributed by atoms with Crippen molar-refractivity contribution in [2.45, 2.75) is 44.6 Å². The van der Waals surface area contributed by atoms with Gasteiger partial charge in [-0.1, -0.05) is 5.21 Å². The number of hydrogen-bond acceptors (Lipinski definition) is 5. The summed E-state index contributed by atoms with van der Waals surface area (Å²) in [6.45, 7) is 3.71. The summed E-state index contributed by atoms with van der Waals surface area (Å²) in [6.07, 6.45) is 5.72.